The number of anilines is 1. The van der Waals surface area contributed by atoms with Gasteiger partial charge in [0.25, 0.3) is 0 Å². The second-order valence-corrected chi connectivity index (χ2v) is 8.33. The SMILES string of the molecule is Cc1c(F)cc(N2C[C@@H](C)C[C@@H](CC(=O)[C@@H]3CCCN3)C2)c2cccnc12. The third kappa shape index (κ3) is 3.70. The number of aryl methyl sites for hydroxylation is 1. The summed E-state index contributed by atoms with van der Waals surface area (Å²) in [6.07, 6.45) is 5.44. The number of piperidine rings is 1. The van der Waals surface area contributed by atoms with Crippen LogP contribution in [0.3, 0.4) is 0 Å². The summed E-state index contributed by atoms with van der Waals surface area (Å²) >= 11 is 0. The van der Waals surface area contributed by atoms with Gasteiger partial charge in [0.2, 0.25) is 0 Å². The maximum absolute atomic E-state index is 14.5. The fourth-order valence-corrected chi connectivity index (χ4v) is 4.80. The van der Waals surface area contributed by atoms with Gasteiger partial charge in [-0.05, 0) is 62.8 Å². The highest BCUT2D eigenvalue weighted by molar-refractivity contribution is 5.94. The lowest BCUT2D eigenvalue weighted by atomic mass is 9.85. The first kappa shape index (κ1) is 18.4. The summed E-state index contributed by atoms with van der Waals surface area (Å²) < 4.78 is 14.5. The Morgan fingerprint density at radius 2 is 2.26 bits per heavy atom. The van der Waals surface area contributed by atoms with E-state index in [1.54, 1.807) is 19.2 Å². The Hall–Kier alpha value is -2.01. The highest BCUT2D eigenvalue weighted by Gasteiger charge is 2.31. The number of nitrogens with zero attached hydrogens (tertiary/aromatic N) is 2. The van der Waals surface area contributed by atoms with E-state index >= 15 is 0 Å². The predicted molar refractivity (Wildman–Crippen MR) is 107 cm³/mol. The number of carbonyl (C=O) groups excluding carboxylic acids is 1. The van der Waals surface area contributed by atoms with Crippen LogP contribution in [-0.4, -0.2) is 36.4 Å². The van der Waals surface area contributed by atoms with E-state index in [0.717, 1.165) is 55.5 Å². The molecule has 27 heavy (non-hydrogen) atoms. The third-order valence-corrected chi connectivity index (χ3v) is 6.09. The summed E-state index contributed by atoms with van der Waals surface area (Å²) in [4.78, 5) is 19.3. The molecular formula is C22H28FN3O. The Labute approximate surface area is 160 Å². The summed E-state index contributed by atoms with van der Waals surface area (Å²) in [6.45, 7) is 6.64. The van der Waals surface area contributed by atoms with Crippen LogP contribution in [0.2, 0.25) is 0 Å². The van der Waals surface area contributed by atoms with Crippen LogP contribution in [0.5, 0.6) is 0 Å². The van der Waals surface area contributed by atoms with Crippen LogP contribution < -0.4 is 10.2 Å². The first-order valence-electron chi connectivity index (χ1n) is 10.1. The summed E-state index contributed by atoms with van der Waals surface area (Å²) in [5, 5.41) is 4.31. The molecule has 2 aromatic rings. The van der Waals surface area contributed by atoms with Crippen molar-refractivity contribution in [2.75, 3.05) is 24.5 Å². The van der Waals surface area contributed by atoms with E-state index in [4.69, 9.17) is 0 Å². The van der Waals surface area contributed by atoms with E-state index in [2.05, 4.69) is 22.1 Å². The smallest absolute Gasteiger partial charge is 0.150 e. The lowest BCUT2D eigenvalue weighted by Gasteiger charge is -2.38. The summed E-state index contributed by atoms with van der Waals surface area (Å²) in [5.74, 6) is 0.925. The maximum atomic E-state index is 14.5. The van der Waals surface area contributed by atoms with Crippen LogP contribution in [0.4, 0.5) is 10.1 Å². The summed E-state index contributed by atoms with van der Waals surface area (Å²) in [7, 11) is 0. The zero-order valence-corrected chi connectivity index (χ0v) is 16.2. The van der Waals surface area contributed by atoms with Crippen molar-refractivity contribution in [1.82, 2.24) is 10.3 Å². The summed E-state index contributed by atoms with van der Waals surface area (Å²) in [5.41, 5.74) is 2.23. The fraction of sp³-hybridized carbons (Fsp3) is 0.545. The number of carbonyl (C=O) groups is 1. The van der Waals surface area contributed by atoms with Crippen molar-refractivity contribution in [3.05, 3.63) is 35.8 Å². The molecule has 0 aliphatic carbocycles. The molecular weight excluding hydrogens is 341 g/mol. The number of rotatable bonds is 4. The van der Waals surface area contributed by atoms with Gasteiger partial charge in [-0.2, -0.15) is 0 Å². The molecule has 4 nitrogen and oxygen atoms in total. The van der Waals surface area contributed by atoms with Crippen molar-refractivity contribution in [2.24, 2.45) is 11.8 Å². The van der Waals surface area contributed by atoms with Crippen LogP contribution in [-0.2, 0) is 4.79 Å². The van der Waals surface area contributed by atoms with Crippen molar-refractivity contribution in [1.29, 1.82) is 0 Å². The minimum Gasteiger partial charge on any atom is -0.370 e. The molecule has 2 fully saturated rings. The molecule has 0 radical (unpaired) electrons. The van der Waals surface area contributed by atoms with Gasteiger partial charge in [-0.3, -0.25) is 9.78 Å². The zero-order valence-electron chi connectivity index (χ0n) is 16.2. The second kappa shape index (κ2) is 7.55. The first-order chi connectivity index (χ1) is 13.0. The molecule has 1 aromatic carbocycles. The molecule has 1 aromatic heterocycles. The second-order valence-electron chi connectivity index (χ2n) is 8.33. The predicted octanol–water partition coefficient (Wildman–Crippen LogP) is 3.86. The third-order valence-electron chi connectivity index (χ3n) is 6.09. The maximum Gasteiger partial charge on any atom is 0.150 e. The number of hydrogen-bond donors (Lipinski definition) is 1. The van der Waals surface area contributed by atoms with Gasteiger partial charge in [-0.25, -0.2) is 4.39 Å². The standard InChI is InChI=1S/C22H28FN3O/c1-14-9-16(10-21(27)19-6-4-7-24-19)13-26(12-14)20-11-18(23)15(2)22-17(20)5-3-8-25-22/h3,5,8,11,14,16,19,24H,4,6-7,9-10,12-13H2,1-2H3/t14-,16-,19-/m0/s1. The fourth-order valence-electron chi connectivity index (χ4n) is 4.80. The quantitative estimate of drug-likeness (QED) is 0.889. The van der Waals surface area contributed by atoms with Gasteiger partial charge in [0, 0.05) is 42.3 Å². The van der Waals surface area contributed by atoms with Crippen molar-refractivity contribution >= 4 is 22.4 Å². The normalized spacial score (nSPS) is 25.9. The highest BCUT2D eigenvalue weighted by atomic mass is 19.1. The highest BCUT2D eigenvalue weighted by Crippen LogP contribution is 2.35. The minimum atomic E-state index is -0.211. The van der Waals surface area contributed by atoms with E-state index in [9.17, 15) is 9.18 Å². The molecule has 1 N–H and O–H groups in total. The van der Waals surface area contributed by atoms with Crippen molar-refractivity contribution < 1.29 is 9.18 Å². The van der Waals surface area contributed by atoms with Gasteiger partial charge in [0.05, 0.1) is 11.6 Å². The van der Waals surface area contributed by atoms with E-state index in [1.165, 1.54) is 0 Å². The lowest BCUT2D eigenvalue weighted by molar-refractivity contribution is -0.121. The number of nitrogens with one attached hydrogen (secondary N) is 1. The number of pyridine rings is 1. The molecule has 2 aliphatic rings. The lowest BCUT2D eigenvalue weighted by Crippen LogP contribution is -2.42. The van der Waals surface area contributed by atoms with Crippen molar-refractivity contribution in [3.63, 3.8) is 0 Å². The Morgan fingerprint density at radius 3 is 3.04 bits per heavy atom. The molecule has 3 heterocycles. The van der Waals surface area contributed by atoms with Gasteiger partial charge in [-0.15, -0.1) is 0 Å². The van der Waals surface area contributed by atoms with Crippen molar-refractivity contribution in [3.8, 4) is 0 Å². The molecule has 5 heteroatoms. The molecule has 0 bridgehead atoms. The number of fused-ring (bicyclic) bond motifs is 1. The molecule has 144 valence electrons. The van der Waals surface area contributed by atoms with Crippen LogP contribution in [0, 0.1) is 24.6 Å². The topological polar surface area (TPSA) is 45.2 Å². The van der Waals surface area contributed by atoms with E-state index < -0.39 is 0 Å². The Bertz CT molecular complexity index is 847. The van der Waals surface area contributed by atoms with E-state index in [0.29, 0.717) is 29.6 Å². The Balaban J connectivity index is 1.59. The molecule has 0 unspecified atom stereocenters. The Kier molecular flexibility index (Phi) is 5.13. The number of benzene rings is 1. The van der Waals surface area contributed by atoms with Gasteiger partial charge >= 0.3 is 0 Å². The number of halogens is 1. The molecule has 0 amide bonds. The number of hydrogen-bond acceptors (Lipinski definition) is 4. The molecule has 4 rings (SSSR count). The van der Waals surface area contributed by atoms with Crippen LogP contribution >= 0.6 is 0 Å². The molecule has 2 saturated heterocycles. The zero-order chi connectivity index (χ0) is 19.0. The molecule has 0 saturated carbocycles. The van der Waals surface area contributed by atoms with E-state index in [-0.39, 0.29) is 11.9 Å². The van der Waals surface area contributed by atoms with Gasteiger partial charge in [-0.1, -0.05) is 6.92 Å². The Morgan fingerprint density at radius 1 is 1.41 bits per heavy atom. The number of aromatic nitrogens is 1. The summed E-state index contributed by atoms with van der Waals surface area (Å²) in [6, 6.07) is 5.61. The molecule has 3 atom stereocenters. The van der Waals surface area contributed by atoms with Gasteiger partial charge in [0.15, 0.2) is 0 Å². The number of ketones is 1. The van der Waals surface area contributed by atoms with E-state index in [1.807, 2.05) is 12.1 Å². The minimum absolute atomic E-state index is 0.0394. The van der Waals surface area contributed by atoms with Crippen LogP contribution in [0.15, 0.2) is 24.4 Å². The van der Waals surface area contributed by atoms with Crippen LogP contribution in [0.25, 0.3) is 10.9 Å². The monoisotopic (exact) mass is 369 g/mol. The van der Waals surface area contributed by atoms with Gasteiger partial charge < -0.3 is 10.2 Å². The van der Waals surface area contributed by atoms with Crippen molar-refractivity contribution in [2.45, 2.75) is 45.6 Å². The van der Waals surface area contributed by atoms with Crippen LogP contribution in [0.1, 0.15) is 38.2 Å². The first-order valence-corrected chi connectivity index (χ1v) is 10.1. The molecule has 0 spiro atoms. The largest absolute Gasteiger partial charge is 0.370 e. The average molecular weight is 369 g/mol. The number of Topliss-reactive ketones (excluding diaryl/α,β-unsaturated/α-hetero) is 1. The van der Waals surface area contributed by atoms with Gasteiger partial charge in [0.1, 0.15) is 11.6 Å². The molecule has 2 aliphatic heterocycles. The average Bonchev–Trinajstić information content (AvgIpc) is 3.19.